The van der Waals surface area contributed by atoms with E-state index in [1.54, 1.807) is 7.11 Å². The molecule has 2 heterocycles. The molecule has 2 aromatic heterocycles. The van der Waals surface area contributed by atoms with Gasteiger partial charge in [0.1, 0.15) is 11.4 Å². The molecule has 0 aliphatic heterocycles. The molecule has 0 unspecified atom stereocenters. The Morgan fingerprint density at radius 1 is 1.33 bits per heavy atom. The summed E-state index contributed by atoms with van der Waals surface area (Å²) in [7, 11) is 1.60. The standard InChI is InChI=1S/C13H12N4O2S2/c1-19-10-6-4-3-5-8(10)7-9-11(18)17-12(15-14-9)21-13(16-17)20-2/h3-6H,7H2,1-2H3. The van der Waals surface area contributed by atoms with Gasteiger partial charge in [0, 0.05) is 12.0 Å². The lowest BCUT2D eigenvalue weighted by atomic mass is 10.1. The molecule has 0 saturated carbocycles. The highest BCUT2D eigenvalue weighted by atomic mass is 32.2. The van der Waals surface area contributed by atoms with Crippen molar-refractivity contribution in [3.05, 3.63) is 45.9 Å². The summed E-state index contributed by atoms with van der Waals surface area (Å²) in [6, 6.07) is 7.54. The van der Waals surface area contributed by atoms with Crippen molar-refractivity contribution in [2.45, 2.75) is 10.8 Å². The maximum atomic E-state index is 12.4. The fourth-order valence-electron chi connectivity index (χ4n) is 1.95. The molecule has 8 heteroatoms. The van der Waals surface area contributed by atoms with Gasteiger partial charge in [0.05, 0.1) is 7.11 Å². The molecule has 0 atom stereocenters. The molecule has 108 valence electrons. The van der Waals surface area contributed by atoms with Crippen LogP contribution >= 0.6 is 23.1 Å². The van der Waals surface area contributed by atoms with Gasteiger partial charge in [0.2, 0.25) is 4.96 Å². The smallest absolute Gasteiger partial charge is 0.297 e. The first kappa shape index (κ1) is 14.0. The van der Waals surface area contributed by atoms with Gasteiger partial charge in [-0.3, -0.25) is 4.79 Å². The molecular weight excluding hydrogens is 308 g/mol. The van der Waals surface area contributed by atoms with Gasteiger partial charge >= 0.3 is 0 Å². The number of rotatable bonds is 4. The number of thioether (sulfide) groups is 1. The number of benzene rings is 1. The van der Waals surface area contributed by atoms with E-state index in [4.69, 9.17) is 4.74 Å². The van der Waals surface area contributed by atoms with Crippen LogP contribution in [0, 0.1) is 0 Å². The Kier molecular flexibility index (Phi) is 3.89. The molecule has 0 spiro atoms. The summed E-state index contributed by atoms with van der Waals surface area (Å²) in [6.07, 6.45) is 2.27. The molecule has 21 heavy (non-hydrogen) atoms. The first-order chi connectivity index (χ1) is 10.2. The predicted molar refractivity (Wildman–Crippen MR) is 82.5 cm³/mol. The molecule has 0 amide bonds. The number of para-hydroxylation sites is 1. The van der Waals surface area contributed by atoms with Gasteiger partial charge in [-0.05, 0) is 12.3 Å². The summed E-state index contributed by atoms with van der Waals surface area (Å²) in [5.41, 5.74) is 1.02. The first-order valence-corrected chi connectivity index (χ1v) is 8.18. The van der Waals surface area contributed by atoms with Crippen LogP contribution in [-0.4, -0.2) is 33.2 Å². The van der Waals surface area contributed by atoms with Crippen LogP contribution in [0.4, 0.5) is 0 Å². The Morgan fingerprint density at radius 2 is 2.14 bits per heavy atom. The molecule has 3 rings (SSSR count). The molecule has 0 saturated heterocycles. The topological polar surface area (TPSA) is 69.4 Å². The highest BCUT2D eigenvalue weighted by Crippen LogP contribution is 2.21. The minimum atomic E-state index is -0.234. The molecular formula is C13H12N4O2S2. The van der Waals surface area contributed by atoms with Crippen LogP contribution in [0.3, 0.4) is 0 Å². The second-order valence-corrected chi connectivity index (χ2v) is 6.22. The lowest BCUT2D eigenvalue weighted by molar-refractivity contribution is 0.410. The fourth-order valence-corrected chi connectivity index (χ4v) is 3.24. The van der Waals surface area contributed by atoms with Crippen molar-refractivity contribution >= 4 is 28.1 Å². The number of hydrogen-bond acceptors (Lipinski definition) is 7. The van der Waals surface area contributed by atoms with Crippen LogP contribution in [0.25, 0.3) is 4.96 Å². The number of fused-ring (bicyclic) bond motifs is 1. The minimum Gasteiger partial charge on any atom is -0.496 e. The van der Waals surface area contributed by atoms with Crippen LogP contribution < -0.4 is 10.3 Å². The number of methoxy groups -OCH3 is 1. The van der Waals surface area contributed by atoms with E-state index in [2.05, 4.69) is 15.3 Å². The number of hydrogen-bond donors (Lipinski definition) is 0. The van der Waals surface area contributed by atoms with E-state index < -0.39 is 0 Å². The van der Waals surface area contributed by atoms with Crippen LogP contribution in [0.15, 0.2) is 33.4 Å². The van der Waals surface area contributed by atoms with E-state index in [0.717, 1.165) is 15.7 Å². The van der Waals surface area contributed by atoms with Crippen molar-refractivity contribution in [1.29, 1.82) is 0 Å². The van der Waals surface area contributed by atoms with Gasteiger partial charge in [-0.1, -0.05) is 41.3 Å². The maximum absolute atomic E-state index is 12.4. The van der Waals surface area contributed by atoms with Crippen molar-refractivity contribution in [2.24, 2.45) is 0 Å². The van der Waals surface area contributed by atoms with Gasteiger partial charge in [0.15, 0.2) is 4.34 Å². The third-order valence-electron chi connectivity index (χ3n) is 2.96. The largest absolute Gasteiger partial charge is 0.496 e. The number of ether oxygens (including phenoxy) is 1. The van der Waals surface area contributed by atoms with Crippen molar-refractivity contribution in [3.8, 4) is 5.75 Å². The highest BCUT2D eigenvalue weighted by Gasteiger charge is 2.13. The van der Waals surface area contributed by atoms with E-state index in [9.17, 15) is 4.79 Å². The Bertz CT molecular complexity index is 844. The van der Waals surface area contributed by atoms with Crippen molar-refractivity contribution in [1.82, 2.24) is 19.8 Å². The normalized spacial score (nSPS) is 11.0. The van der Waals surface area contributed by atoms with Crippen molar-refractivity contribution in [2.75, 3.05) is 13.4 Å². The second kappa shape index (κ2) is 5.82. The van der Waals surface area contributed by atoms with Crippen LogP contribution in [0.5, 0.6) is 5.75 Å². The van der Waals surface area contributed by atoms with Crippen molar-refractivity contribution < 1.29 is 4.74 Å². The van der Waals surface area contributed by atoms with E-state index in [1.165, 1.54) is 27.6 Å². The van der Waals surface area contributed by atoms with Crippen LogP contribution in [0.1, 0.15) is 11.3 Å². The van der Waals surface area contributed by atoms with Gasteiger partial charge in [-0.15, -0.1) is 15.3 Å². The van der Waals surface area contributed by atoms with E-state index in [0.29, 0.717) is 17.1 Å². The Balaban J connectivity index is 2.05. The zero-order valence-corrected chi connectivity index (χ0v) is 13.1. The average molecular weight is 320 g/mol. The molecule has 0 aliphatic rings. The lowest BCUT2D eigenvalue weighted by Gasteiger charge is -2.06. The maximum Gasteiger partial charge on any atom is 0.297 e. The first-order valence-electron chi connectivity index (χ1n) is 6.14. The fraction of sp³-hybridized carbons (Fsp3) is 0.231. The highest BCUT2D eigenvalue weighted by molar-refractivity contribution is 8.00. The molecule has 1 aromatic carbocycles. The average Bonchev–Trinajstić information content (AvgIpc) is 2.95. The van der Waals surface area contributed by atoms with Crippen LogP contribution in [-0.2, 0) is 6.42 Å². The SMILES string of the molecule is COc1ccccc1Cc1nnc2sc(SC)nn2c1=O. The van der Waals surface area contributed by atoms with Gasteiger partial charge in [0.25, 0.3) is 5.56 Å². The monoisotopic (exact) mass is 320 g/mol. The van der Waals surface area contributed by atoms with Crippen LogP contribution in [0.2, 0.25) is 0 Å². The molecule has 0 aliphatic carbocycles. The Morgan fingerprint density at radius 3 is 2.90 bits per heavy atom. The van der Waals surface area contributed by atoms with E-state index in [-0.39, 0.29) is 5.56 Å². The van der Waals surface area contributed by atoms with Gasteiger partial charge in [-0.2, -0.15) is 4.52 Å². The van der Waals surface area contributed by atoms with E-state index in [1.807, 2.05) is 30.5 Å². The third-order valence-corrected chi connectivity index (χ3v) is 4.84. The Hall–Kier alpha value is -1.93. The number of nitrogens with zero attached hydrogens (tertiary/aromatic N) is 4. The summed E-state index contributed by atoms with van der Waals surface area (Å²) < 4.78 is 7.39. The zero-order chi connectivity index (χ0) is 14.8. The summed E-state index contributed by atoms with van der Waals surface area (Å²) in [5.74, 6) is 0.729. The molecule has 0 fully saturated rings. The summed E-state index contributed by atoms with van der Waals surface area (Å²) in [5, 5.41) is 12.4. The molecule has 3 aromatic rings. The Labute approximate surface area is 128 Å². The summed E-state index contributed by atoms with van der Waals surface area (Å²) >= 11 is 2.83. The lowest BCUT2D eigenvalue weighted by Crippen LogP contribution is -2.22. The zero-order valence-electron chi connectivity index (χ0n) is 11.4. The molecule has 0 radical (unpaired) electrons. The van der Waals surface area contributed by atoms with E-state index >= 15 is 0 Å². The quantitative estimate of drug-likeness (QED) is 0.684. The van der Waals surface area contributed by atoms with Crippen molar-refractivity contribution in [3.63, 3.8) is 0 Å². The minimum absolute atomic E-state index is 0.234. The summed E-state index contributed by atoms with van der Waals surface area (Å²) in [6.45, 7) is 0. The predicted octanol–water partition coefficient (Wildman–Crippen LogP) is 1.87. The molecule has 6 nitrogen and oxygen atoms in total. The third kappa shape index (κ3) is 2.64. The summed E-state index contributed by atoms with van der Waals surface area (Å²) in [4.78, 5) is 12.9. The molecule has 0 bridgehead atoms. The van der Waals surface area contributed by atoms with Gasteiger partial charge < -0.3 is 4.74 Å². The van der Waals surface area contributed by atoms with Gasteiger partial charge in [-0.25, -0.2) is 0 Å². The second-order valence-electron chi connectivity index (χ2n) is 4.21. The molecule has 0 N–H and O–H groups in total. The number of aromatic nitrogens is 4.